The zero-order valence-corrected chi connectivity index (χ0v) is 12.3. The van der Waals surface area contributed by atoms with Crippen molar-refractivity contribution in [1.29, 1.82) is 0 Å². The highest BCUT2D eigenvalue weighted by Crippen LogP contribution is 2.17. The maximum Gasteiger partial charge on any atom is 0.233 e. The lowest BCUT2D eigenvalue weighted by Gasteiger charge is -2.13. The molecule has 0 radical (unpaired) electrons. The van der Waals surface area contributed by atoms with Gasteiger partial charge in [-0.2, -0.15) is 4.98 Å². The fraction of sp³-hybridized carbons (Fsp3) is 0.385. The van der Waals surface area contributed by atoms with Crippen LogP contribution in [0.4, 0.5) is 11.9 Å². The number of rotatable bonds is 7. The second-order valence-corrected chi connectivity index (χ2v) is 5.60. The van der Waals surface area contributed by atoms with Crippen LogP contribution in [0, 0.1) is 6.92 Å². The Labute approximate surface area is 121 Å². The molecular weight excluding hydrogens is 274 g/mol. The summed E-state index contributed by atoms with van der Waals surface area (Å²) in [5, 5.41) is 7.73. The van der Waals surface area contributed by atoms with E-state index in [1.54, 1.807) is 11.3 Å². The highest BCUT2D eigenvalue weighted by atomic mass is 32.1. The van der Waals surface area contributed by atoms with Crippen molar-refractivity contribution < 1.29 is 4.79 Å². The first-order chi connectivity index (χ1) is 9.69. The first-order valence-electron chi connectivity index (χ1n) is 6.37. The SMILES string of the molecule is Cc1sccc1CCC(C)Nc1ncnc(NC=O)n1. The molecule has 6 nitrogen and oxygen atoms in total. The number of anilines is 2. The van der Waals surface area contributed by atoms with Crippen LogP contribution in [0.2, 0.25) is 0 Å². The summed E-state index contributed by atoms with van der Waals surface area (Å²) in [6.07, 6.45) is 3.92. The standard InChI is InChI=1S/C13H17N5OS/c1-9(3-4-11-5-6-20-10(11)2)17-13-15-7-14-12(18-13)16-8-19/h5-9H,3-4H2,1-2H3,(H2,14,15,16,17,18,19). The van der Waals surface area contributed by atoms with Gasteiger partial charge < -0.3 is 5.32 Å². The van der Waals surface area contributed by atoms with Gasteiger partial charge >= 0.3 is 0 Å². The minimum Gasteiger partial charge on any atom is -0.352 e. The van der Waals surface area contributed by atoms with Crippen LogP contribution in [0.15, 0.2) is 17.8 Å². The highest BCUT2D eigenvalue weighted by Gasteiger charge is 2.07. The van der Waals surface area contributed by atoms with Crippen LogP contribution in [0.3, 0.4) is 0 Å². The average Bonchev–Trinajstić information content (AvgIpc) is 2.83. The Morgan fingerprint density at radius 2 is 2.20 bits per heavy atom. The van der Waals surface area contributed by atoms with E-state index in [0.29, 0.717) is 12.4 Å². The Morgan fingerprint density at radius 3 is 2.90 bits per heavy atom. The summed E-state index contributed by atoms with van der Waals surface area (Å²) < 4.78 is 0. The molecule has 0 saturated carbocycles. The van der Waals surface area contributed by atoms with Gasteiger partial charge in [-0.3, -0.25) is 10.1 Å². The van der Waals surface area contributed by atoms with Gasteiger partial charge in [0.15, 0.2) is 0 Å². The molecule has 0 bridgehead atoms. The molecule has 0 saturated heterocycles. The van der Waals surface area contributed by atoms with Gasteiger partial charge in [-0.25, -0.2) is 9.97 Å². The van der Waals surface area contributed by atoms with Crippen molar-refractivity contribution in [2.24, 2.45) is 0 Å². The summed E-state index contributed by atoms with van der Waals surface area (Å²) in [7, 11) is 0. The number of nitrogens with one attached hydrogen (secondary N) is 2. The zero-order chi connectivity index (χ0) is 14.4. The Bertz CT molecular complexity index is 571. The second kappa shape index (κ2) is 6.95. The molecule has 0 aliphatic carbocycles. The van der Waals surface area contributed by atoms with E-state index in [2.05, 4.69) is 50.9 Å². The molecule has 2 heterocycles. The molecule has 2 aromatic rings. The molecule has 1 amide bonds. The van der Waals surface area contributed by atoms with E-state index in [1.165, 1.54) is 16.8 Å². The molecule has 2 aromatic heterocycles. The van der Waals surface area contributed by atoms with Gasteiger partial charge in [-0.15, -0.1) is 11.3 Å². The van der Waals surface area contributed by atoms with Crippen molar-refractivity contribution in [3.8, 4) is 0 Å². The predicted molar refractivity (Wildman–Crippen MR) is 80.0 cm³/mol. The monoisotopic (exact) mass is 291 g/mol. The van der Waals surface area contributed by atoms with Crippen LogP contribution in [-0.4, -0.2) is 27.4 Å². The lowest BCUT2D eigenvalue weighted by molar-refractivity contribution is -0.105. The predicted octanol–water partition coefficient (Wildman–Crippen LogP) is 2.24. The highest BCUT2D eigenvalue weighted by molar-refractivity contribution is 7.10. The average molecular weight is 291 g/mol. The third-order valence-electron chi connectivity index (χ3n) is 2.95. The van der Waals surface area contributed by atoms with Crippen molar-refractivity contribution in [2.45, 2.75) is 32.7 Å². The van der Waals surface area contributed by atoms with Crippen molar-refractivity contribution in [1.82, 2.24) is 15.0 Å². The number of hydrogen-bond donors (Lipinski definition) is 2. The Kier molecular flexibility index (Phi) is 5.00. The summed E-state index contributed by atoms with van der Waals surface area (Å²) in [6, 6.07) is 2.41. The molecule has 0 aliphatic rings. The number of hydrogen-bond acceptors (Lipinski definition) is 6. The van der Waals surface area contributed by atoms with Gasteiger partial charge in [0.1, 0.15) is 6.33 Å². The largest absolute Gasteiger partial charge is 0.352 e. The van der Waals surface area contributed by atoms with Crippen LogP contribution in [0.5, 0.6) is 0 Å². The molecule has 0 fully saturated rings. The van der Waals surface area contributed by atoms with Gasteiger partial charge in [-0.1, -0.05) is 0 Å². The molecule has 1 atom stereocenters. The van der Waals surface area contributed by atoms with Crippen molar-refractivity contribution in [3.63, 3.8) is 0 Å². The second-order valence-electron chi connectivity index (χ2n) is 4.48. The molecular formula is C13H17N5OS. The van der Waals surface area contributed by atoms with E-state index in [0.717, 1.165) is 12.8 Å². The fourth-order valence-electron chi connectivity index (χ4n) is 1.82. The maximum atomic E-state index is 10.3. The van der Waals surface area contributed by atoms with E-state index in [4.69, 9.17) is 0 Å². The number of aromatic nitrogens is 3. The lowest BCUT2D eigenvalue weighted by atomic mass is 10.1. The van der Waals surface area contributed by atoms with Gasteiger partial charge in [0, 0.05) is 10.9 Å². The number of carbonyl (C=O) groups is 1. The van der Waals surface area contributed by atoms with E-state index in [9.17, 15) is 4.79 Å². The van der Waals surface area contributed by atoms with E-state index in [1.807, 2.05) is 0 Å². The summed E-state index contributed by atoms with van der Waals surface area (Å²) in [5.74, 6) is 0.720. The van der Waals surface area contributed by atoms with Crippen LogP contribution >= 0.6 is 11.3 Å². The normalized spacial score (nSPS) is 11.9. The minimum absolute atomic E-state index is 0.237. The first kappa shape index (κ1) is 14.4. The van der Waals surface area contributed by atoms with Crippen molar-refractivity contribution >= 4 is 29.6 Å². The van der Waals surface area contributed by atoms with Crippen LogP contribution in [0.1, 0.15) is 23.8 Å². The zero-order valence-electron chi connectivity index (χ0n) is 11.5. The molecule has 0 spiro atoms. The van der Waals surface area contributed by atoms with Crippen molar-refractivity contribution in [3.05, 3.63) is 28.2 Å². The molecule has 7 heteroatoms. The summed E-state index contributed by atoms with van der Waals surface area (Å²) >= 11 is 1.77. The number of thiophene rings is 1. The van der Waals surface area contributed by atoms with Crippen LogP contribution in [0.25, 0.3) is 0 Å². The van der Waals surface area contributed by atoms with E-state index in [-0.39, 0.29) is 12.0 Å². The van der Waals surface area contributed by atoms with Gasteiger partial charge in [0.2, 0.25) is 18.3 Å². The van der Waals surface area contributed by atoms with Gasteiger partial charge in [0.05, 0.1) is 0 Å². The molecule has 1 unspecified atom stereocenters. The number of amides is 1. The van der Waals surface area contributed by atoms with Crippen molar-refractivity contribution in [2.75, 3.05) is 10.6 Å². The number of carbonyl (C=O) groups excluding carboxylic acids is 1. The molecule has 20 heavy (non-hydrogen) atoms. The third kappa shape index (κ3) is 3.99. The molecule has 2 rings (SSSR count). The number of nitrogens with zero attached hydrogens (tertiary/aromatic N) is 3. The summed E-state index contributed by atoms with van der Waals surface area (Å²) in [4.78, 5) is 23.7. The summed E-state index contributed by atoms with van der Waals surface area (Å²) in [6.45, 7) is 4.22. The molecule has 0 aromatic carbocycles. The minimum atomic E-state index is 0.237. The molecule has 2 N–H and O–H groups in total. The molecule has 0 aliphatic heterocycles. The first-order valence-corrected chi connectivity index (χ1v) is 7.25. The van der Waals surface area contributed by atoms with E-state index >= 15 is 0 Å². The topological polar surface area (TPSA) is 79.8 Å². The van der Waals surface area contributed by atoms with Gasteiger partial charge in [-0.05, 0) is 43.7 Å². The Hall–Kier alpha value is -2.02. The quantitative estimate of drug-likeness (QED) is 0.765. The maximum absolute atomic E-state index is 10.3. The lowest BCUT2D eigenvalue weighted by Crippen LogP contribution is -2.18. The van der Waals surface area contributed by atoms with Gasteiger partial charge in [0.25, 0.3) is 0 Å². The summed E-state index contributed by atoms with van der Waals surface area (Å²) in [5.41, 5.74) is 1.39. The fourth-order valence-corrected chi connectivity index (χ4v) is 2.58. The smallest absolute Gasteiger partial charge is 0.233 e. The number of aryl methyl sites for hydroxylation is 2. The third-order valence-corrected chi connectivity index (χ3v) is 3.84. The van der Waals surface area contributed by atoms with E-state index < -0.39 is 0 Å². The van der Waals surface area contributed by atoms with Crippen LogP contribution in [-0.2, 0) is 11.2 Å². The Morgan fingerprint density at radius 1 is 1.40 bits per heavy atom. The molecule has 106 valence electrons. The van der Waals surface area contributed by atoms with Crippen LogP contribution < -0.4 is 10.6 Å². The Balaban J connectivity index is 1.87.